The van der Waals surface area contributed by atoms with Gasteiger partial charge in [0, 0.05) is 0 Å². The minimum Gasteiger partial charge on any atom is -0.457 e. The van der Waals surface area contributed by atoms with Crippen molar-refractivity contribution in [1.29, 1.82) is 5.26 Å². The number of para-hydroxylation sites is 1. The van der Waals surface area contributed by atoms with Crippen LogP contribution in [-0.2, 0) is 0 Å². The van der Waals surface area contributed by atoms with Gasteiger partial charge in [0.05, 0.1) is 0 Å². The number of nitriles is 1. The van der Waals surface area contributed by atoms with E-state index in [2.05, 4.69) is 4.74 Å². The van der Waals surface area contributed by atoms with Gasteiger partial charge in [0.25, 0.3) is 6.26 Å². The van der Waals surface area contributed by atoms with Crippen LogP contribution in [-0.4, -0.2) is 0 Å². The van der Waals surface area contributed by atoms with Crippen LogP contribution in [0.2, 0.25) is 0 Å². The Morgan fingerprint density at radius 1 is 0.750 bits per heavy atom. The smallest absolute Gasteiger partial charge is 0.292 e. The summed E-state index contributed by atoms with van der Waals surface area (Å²) in [6, 6.07) is 16.4. The highest BCUT2D eigenvalue weighted by molar-refractivity contribution is 5.35. The lowest BCUT2D eigenvalue weighted by molar-refractivity contribution is 0.476. The molecule has 2 aromatic rings. The van der Waals surface area contributed by atoms with Gasteiger partial charge in [0.1, 0.15) is 17.2 Å². The Balaban J connectivity index is 2.09. The maximum absolute atomic E-state index is 8.32. The second-order valence-electron chi connectivity index (χ2n) is 3.08. The van der Waals surface area contributed by atoms with E-state index < -0.39 is 0 Å². The Hall–Kier alpha value is -2.47. The number of rotatable bonds is 3. The Labute approximate surface area is 93.5 Å². The molecule has 0 N–H and O–H groups in total. The van der Waals surface area contributed by atoms with Crippen molar-refractivity contribution in [2.45, 2.75) is 0 Å². The normalized spacial score (nSPS) is 9.19. The fraction of sp³-hybridized carbons (Fsp3) is 0. The summed E-state index contributed by atoms with van der Waals surface area (Å²) in [6.07, 6.45) is 1.61. The molecule has 0 aliphatic heterocycles. The van der Waals surface area contributed by atoms with Crippen molar-refractivity contribution in [3.05, 3.63) is 54.6 Å². The van der Waals surface area contributed by atoms with Gasteiger partial charge in [-0.25, -0.2) is 0 Å². The van der Waals surface area contributed by atoms with Gasteiger partial charge in [0.15, 0.2) is 0 Å². The second-order valence-corrected chi connectivity index (χ2v) is 3.08. The number of hydrogen-bond acceptors (Lipinski definition) is 3. The van der Waals surface area contributed by atoms with Crippen LogP contribution in [0.25, 0.3) is 0 Å². The fourth-order valence-corrected chi connectivity index (χ4v) is 1.25. The third-order valence-electron chi connectivity index (χ3n) is 1.97. The van der Waals surface area contributed by atoms with Gasteiger partial charge in [-0.05, 0) is 36.4 Å². The molecular formula is C13H9NO2. The summed E-state index contributed by atoms with van der Waals surface area (Å²) in [5, 5.41) is 8.32. The van der Waals surface area contributed by atoms with Crippen LogP contribution in [0.3, 0.4) is 0 Å². The van der Waals surface area contributed by atoms with Gasteiger partial charge < -0.3 is 9.47 Å². The average molecular weight is 211 g/mol. The van der Waals surface area contributed by atoms with E-state index in [1.54, 1.807) is 30.5 Å². The molecule has 0 aliphatic rings. The number of nitrogens with zero attached hydrogens (tertiary/aromatic N) is 1. The Kier molecular flexibility index (Phi) is 3.05. The third-order valence-corrected chi connectivity index (χ3v) is 1.97. The lowest BCUT2D eigenvalue weighted by Gasteiger charge is -2.05. The van der Waals surface area contributed by atoms with Crippen molar-refractivity contribution in [2.75, 3.05) is 0 Å². The Bertz CT molecular complexity index is 486. The molecule has 0 amide bonds. The lowest BCUT2D eigenvalue weighted by Crippen LogP contribution is -1.84. The maximum Gasteiger partial charge on any atom is 0.292 e. The van der Waals surface area contributed by atoms with Crippen LogP contribution in [0.1, 0.15) is 0 Å². The van der Waals surface area contributed by atoms with Crippen LogP contribution < -0.4 is 9.47 Å². The highest BCUT2D eigenvalue weighted by Gasteiger charge is 1.97. The SMILES string of the molecule is N#COc1ccc(Oc2ccccc2)cc1. The molecule has 0 saturated carbocycles. The van der Waals surface area contributed by atoms with Crippen LogP contribution in [0.5, 0.6) is 17.2 Å². The predicted octanol–water partition coefficient (Wildman–Crippen LogP) is 3.34. The molecule has 16 heavy (non-hydrogen) atoms. The fourth-order valence-electron chi connectivity index (χ4n) is 1.25. The summed E-state index contributed by atoms with van der Waals surface area (Å²) in [7, 11) is 0. The molecule has 0 bridgehead atoms. The predicted molar refractivity (Wildman–Crippen MR) is 59.2 cm³/mol. The van der Waals surface area contributed by atoms with Crippen molar-refractivity contribution >= 4 is 0 Å². The van der Waals surface area contributed by atoms with Gasteiger partial charge in [0.2, 0.25) is 0 Å². The lowest BCUT2D eigenvalue weighted by atomic mass is 10.3. The van der Waals surface area contributed by atoms with Crippen LogP contribution in [0, 0.1) is 11.5 Å². The average Bonchev–Trinajstić information content (AvgIpc) is 2.33. The molecule has 2 rings (SSSR count). The van der Waals surface area contributed by atoms with Crippen molar-refractivity contribution in [3.8, 4) is 23.5 Å². The van der Waals surface area contributed by atoms with Crippen molar-refractivity contribution in [2.24, 2.45) is 0 Å². The summed E-state index contributed by atoms with van der Waals surface area (Å²) in [6.45, 7) is 0. The zero-order chi connectivity index (χ0) is 11.2. The van der Waals surface area contributed by atoms with Crippen LogP contribution in [0.15, 0.2) is 54.6 Å². The first-order valence-electron chi connectivity index (χ1n) is 4.77. The third kappa shape index (κ3) is 2.52. The first kappa shape index (κ1) is 10.1. The number of ether oxygens (including phenoxy) is 2. The summed E-state index contributed by atoms with van der Waals surface area (Å²) >= 11 is 0. The van der Waals surface area contributed by atoms with Crippen LogP contribution >= 0.6 is 0 Å². The minimum atomic E-state index is 0.503. The quantitative estimate of drug-likeness (QED) is 0.731. The topological polar surface area (TPSA) is 42.2 Å². The van der Waals surface area contributed by atoms with Crippen molar-refractivity contribution < 1.29 is 9.47 Å². The van der Waals surface area contributed by atoms with Gasteiger partial charge in [-0.3, -0.25) is 0 Å². The van der Waals surface area contributed by atoms with Gasteiger partial charge >= 0.3 is 0 Å². The number of benzene rings is 2. The van der Waals surface area contributed by atoms with E-state index in [-0.39, 0.29) is 0 Å². The van der Waals surface area contributed by atoms with E-state index in [4.69, 9.17) is 10.00 Å². The first-order chi connectivity index (χ1) is 7.88. The maximum atomic E-state index is 8.32. The van der Waals surface area contributed by atoms with Crippen molar-refractivity contribution in [3.63, 3.8) is 0 Å². The molecule has 78 valence electrons. The first-order valence-corrected chi connectivity index (χ1v) is 4.77. The Morgan fingerprint density at radius 3 is 1.94 bits per heavy atom. The second kappa shape index (κ2) is 4.85. The molecule has 0 radical (unpaired) electrons. The summed E-state index contributed by atoms with van der Waals surface area (Å²) in [5.74, 6) is 1.98. The molecule has 0 heterocycles. The summed E-state index contributed by atoms with van der Waals surface area (Å²) in [4.78, 5) is 0. The Morgan fingerprint density at radius 2 is 1.31 bits per heavy atom. The zero-order valence-electron chi connectivity index (χ0n) is 8.46. The molecule has 2 aromatic carbocycles. The van der Waals surface area contributed by atoms with E-state index in [9.17, 15) is 0 Å². The highest BCUT2D eigenvalue weighted by Crippen LogP contribution is 2.23. The molecule has 0 atom stereocenters. The molecule has 0 saturated heterocycles. The summed E-state index contributed by atoms with van der Waals surface area (Å²) < 4.78 is 10.2. The molecule has 0 aliphatic carbocycles. The molecule has 0 spiro atoms. The van der Waals surface area contributed by atoms with E-state index in [0.717, 1.165) is 5.75 Å². The van der Waals surface area contributed by atoms with Gasteiger partial charge in [-0.2, -0.15) is 0 Å². The van der Waals surface area contributed by atoms with E-state index in [1.807, 2.05) is 30.3 Å². The summed E-state index contributed by atoms with van der Waals surface area (Å²) in [5.41, 5.74) is 0. The zero-order valence-corrected chi connectivity index (χ0v) is 8.46. The van der Waals surface area contributed by atoms with Crippen molar-refractivity contribution in [1.82, 2.24) is 0 Å². The van der Waals surface area contributed by atoms with E-state index in [0.29, 0.717) is 11.5 Å². The molecule has 0 fully saturated rings. The minimum absolute atomic E-state index is 0.503. The molecule has 0 unspecified atom stereocenters. The molecule has 0 aromatic heterocycles. The van der Waals surface area contributed by atoms with E-state index >= 15 is 0 Å². The molecule has 3 nitrogen and oxygen atoms in total. The number of hydrogen-bond donors (Lipinski definition) is 0. The van der Waals surface area contributed by atoms with Gasteiger partial charge in [-0.1, -0.05) is 18.2 Å². The largest absolute Gasteiger partial charge is 0.457 e. The van der Waals surface area contributed by atoms with E-state index in [1.165, 1.54) is 0 Å². The molecule has 3 heteroatoms. The van der Waals surface area contributed by atoms with Crippen LogP contribution in [0.4, 0.5) is 0 Å². The van der Waals surface area contributed by atoms with Gasteiger partial charge in [-0.15, -0.1) is 5.26 Å². The molecular weight excluding hydrogens is 202 g/mol. The highest BCUT2D eigenvalue weighted by atomic mass is 16.5. The monoisotopic (exact) mass is 211 g/mol. The standard InChI is InChI=1S/C13H9NO2/c14-10-15-11-6-8-13(9-7-11)16-12-4-2-1-3-5-12/h1-9H.